The lowest BCUT2D eigenvalue weighted by Gasteiger charge is -2.48. The third-order valence-electron chi connectivity index (χ3n) is 4.49. The number of nitrogens with two attached hydrogens (primary N) is 1. The summed E-state index contributed by atoms with van der Waals surface area (Å²) in [6, 6.07) is 6.77. The molecule has 146 valence electrons. The fourth-order valence-electron chi connectivity index (χ4n) is 3.03. The van der Waals surface area contributed by atoms with Crippen molar-refractivity contribution in [2.45, 2.75) is 16.6 Å². The zero-order valence-electron chi connectivity index (χ0n) is 14.8. The van der Waals surface area contributed by atoms with E-state index in [1.165, 1.54) is 28.4 Å². The Bertz CT molecular complexity index is 959. The number of H-pyrrole nitrogens is 1. The van der Waals surface area contributed by atoms with E-state index in [2.05, 4.69) is 15.2 Å². The highest BCUT2D eigenvalue weighted by Crippen LogP contribution is 2.40. The molecule has 2 aliphatic rings. The Labute approximate surface area is 168 Å². The summed E-state index contributed by atoms with van der Waals surface area (Å²) in [5.74, 6) is 0.776. The SMILES string of the molecule is COc1ccc(-c2nc(SCC3=C(C(=O)O)N4C(=O)[C@@H](N)C4SC3)n[nH]2)cc1. The fourth-order valence-corrected chi connectivity index (χ4v) is 5.26. The second kappa shape index (κ2) is 7.49. The summed E-state index contributed by atoms with van der Waals surface area (Å²) in [6.07, 6.45) is 0. The quantitative estimate of drug-likeness (QED) is 0.465. The number of aliphatic carboxylic acids is 1. The van der Waals surface area contributed by atoms with Crippen molar-refractivity contribution in [3.05, 3.63) is 35.5 Å². The Morgan fingerprint density at radius 2 is 2.21 bits per heavy atom. The molecule has 2 atom stereocenters. The van der Waals surface area contributed by atoms with Crippen molar-refractivity contribution in [1.82, 2.24) is 20.1 Å². The largest absolute Gasteiger partial charge is 0.497 e. The first-order valence-electron chi connectivity index (χ1n) is 8.35. The number of amides is 1. The molecule has 11 heteroatoms. The summed E-state index contributed by atoms with van der Waals surface area (Å²) in [6.45, 7) is 0. The number of aromatic nitrogens is 3. The predicted octanol–water partition coefficient (Wildman–Crippen LogP) is 1.15. The zero-order valence-corrected chi connectivity index (χ0v) is 16.4. The molecule has 1 fully saturated rings. The number of ether oxygens (including phenoxy) is 1. The van der Waals surface area contributed by atoms with E-state index in [1.807, 2.05) is 24.3 Å². The van der Waals surface area contributed by atoms with Gasteiger partial charge in [0.2, 0.25) is 11.1 Å². The van der Waals surface area contributed by atoms with E-state index in [1.54, 1.807) is 7.11 Å². The van der Waals surface area contributed by atoms with Crippen molar-refractivity contribution in [3.63, 3.8) is 0 Å². The van der Waals surface area contributed by atoms with Crippen LogP contribution in [0.25, 0.3) is 11.4 Å². The van der Waals surface area contributed by atoms with Crippen LogP contribution in [0.5, 0.6) is 5.75 Å². The first-order chi connectivity index (χ1) is 13.5. The minimum atomic E-state index is -1.12. The molecule has 0 radical (unpaired) electrons. The highest BCUT2D eigenvalue weighted by molar-refractivity contribution is 8.01. The number of hydrogen-bond acceptors (Lipinski definition) is 8. The molecule has 1 aromatic heterocycles. The Hall–Kier alpha value is -2.50. The van der Waals surface area contributed by atoms with Gasteiger partial charge in [-0.25, -0.2) is 9.78 Å². The van der Waals surface area contributed by atoms with Gasteiger partial charge in [-0.2, -0.15) is 0 Å². The summed E-state index contributed by atoms with van der Waals surface area (Å²) in [5, 5.41) is 16.8. The molecule has 0 spiro atoms. The molecular formula is C17H17N5O4S2. The Morgan fingerprint density at radius 3 is 2.89 bits per heavy atom. The van der Waals surface area contributed by atoms with Gasteiger partial charge in [0.05, 0.1) is 7.11 Å². The number of nitrogens with one attached hydrogen (secondary N) is 1. The van der Waals surface area contributed by atoms with Crippen LogP contribution in [-0.4, -0.2) is 67.1 Å². The van der Waals surface area contributed by atoms with E-state index in [4.69, 9.17) is 10.5 Å². The molecule has 0 bridgehead atoms. The van der Waals surface area contributed by atoms with Crippen LogP contribution < -0.4 is 10.5 Å². The van der Waals surface area contributed by atoms with E-state index >= 15 is 0 Å². The molecule has 28 heavy (non-hydrogen) atoms. The minimum Gasteiger partial charge on any atom is -0.497 e. The predicted molar refractivity (Wildman–Crippen MR) is 105 cm³/mol. The number of carbonyl (C=O) groups excluding carboxylic acids is 1. The molecule has 4 N–H and O–H groups in total. The maximum Gasteiger partial charge on any atom is 0.352 e. The van der Waals surface area contributed by atoms with Gasteiger partial charge in [-0.15, -0.1) is 16.9 Å². The molecule has 4 rings (SSSR count). The number of aromatic amines is 1. The van der Waals surface area contributed by atoms with Gasteiger partial charge >= 0.3 is 5.97 Å². The highest BCUT2D eigenvalue weighted by atomic mass is 32.2. The number of carboxylic acids is 1. The Balaban J connectivity index is 1.48. The van der Waals surface area contributed by atoms with Crippen molar-refractivity contribution < 1.29 is 19.4 Å². The van der Waals surface area contributed by atoms with E-state index in [-0.39, 0.29) is 17.0 Å². The minimum absolute atomic E-state index is 0.0360. The van der Waals surface area contributed by atoms with Gasteiger partial charge in [0.1, 0.15) is 22.9 Å². The van der Waals surface area contributed by atoms with Crippen LogP contribution in [0.15, 0.2) is 40.7 Å². The molecule has 0 aliphatic carbocycles. The van der Waals surface area contributed by atoms with E-state index in [9.17, 15) is 14.7 Å². The molecular weight excluding hydrogens is 402 g/mol. The standard InChI is InChI=1S/C17H17N5O4S2/c1-26-10-4-2-8(3-5-10)13-19-17(21-20-13)28-7-9-6-27-15-11(18)14(23)22(15)12(9)16(24)25/h2-5,11,15H,6-7,18H2,1H3,(H,24,25)(H,19,20,21)/t11-,15?/m1/s1. The van der Waals surface area contributed by atoms with Crippen molar-refractivity contribution in [2.24, 2.45) is 5.73 Å². The van der Waals surface area contributed by atoms with Crippen molar-refractivity contribution in [2.75, 3.05) is 18.6 Å². The smallest absolute Gasteiger partial charge is 0.352 e. The molecule has 1 saturated heterocycles. The lowest BCUT2D eigenvalue weighted by Crippen LogP contribution is -2.68. The molecule has 1 amide bonds. The summed E-state index contributed by atoms with van der Waals surface area (Å²) >= 11 is 2.80. The molecule has 1 aromatic carbocycles. The number of rotatable bonds is 6. The topological polar surface area (TPSA) is 134 Å². The van der Waals surface area contributed by atoms with Crippen LogP contribution in [0.4, 0.5) is 0 Å². The van der Waals surface area contributed by atoms with Crippen LogP contribution in [-0.2, 0) is 9.59 Å². The van der Waals surface area contributed by atoms with Gasteiger partial charge in [-0.05, 0) is 29.8 Å². The maximum atomic E-state index is 12.0. The molecule has 0 saturated carbocycles. The number of nitrogens with zero attached hydrogens (tertiary/aromatic N) is 3. The second-order valence-electron chi connectivity index (χ2n) is 6.18. The normalized spacial score (nSPS) is 21.4. The molecule has 2 aliphatic heterocycles. The number of benzene rings is 1. The van der Waals surface area contributed by atoms with Gasteiger partial charge in [0.15, 0.2) is 5.82 Å². The summed E-state index contributed by atoms with van der Waals surface area (Å²) in [4.78, 5) is 29.4. The van der Waals surface area contributed by atoms with Gasteiger partial charge in [0, 0.05) is 17.1 Å². The zero-order chi connectivity index (χ0) is 19.8. The average Bonchev–Trinajstić information content (AvgIpc) is 3.19. The number of carboxylic acid groups (broad SMARTS) is 1. The van der Waals surface area contributed by atoms with Gasteiger partial charge in [-0.3, -0.25) is 14.8 Å². The monoisotopic (exact) mass is 419 g/mol. The molecule has 9 nitrogen and oxygen atoms in total. The Morgan fingerprint density at radius 1 is 1.46 bits per heavy atom. The first kappa shape index (κ1) is 18.8. The first-order valence-corrected chi connectivity index (χ1v) is 10.4. The van der Waals surface area contributed by atoms with Crippen LogP contribution in [0, 0.1) is 0 Å². The number of hydrogen-bond donors (Lipinski definition) is 3. The second-order valence-corrected chi connectivity index (χ2v) is 8.22. The van der Waals surface area contributed by atoms with E-state index < -0.39 is 12.0 Å². The fraction of sp³-hybridized carbons (Fsp3) is 0.294. The molecule has 3 heterocycles. The van der Waals surface area contributed by atoms with Gasteiger partial charge < -0.3 is 15.6 Å². The summed E-state index contributed by atoms with van der Waals surface area (Å²) in [7, 11) is 1.60. The third kappa shape index (κ3) is 3.25. The maximum absolute atomic E-state index is 12.0. The van der Waals surface area contributed by atoms with Crippen molar-refractivity contribution in [1.29, 1.82) is 0 Å². The lowest BCUT2D eigenvalue weighted by molar-refractivity contribution is -0.147. The van der Waals surface area contributed by atoms with Gasteiger partial charge in [0.25, 0.3) is 0 Å². The van der Waals surface area contributed by atoms with Crippen molar-refractivity contribution >= 4 is 35.4 Å². The number of fused-ring (bicyclic) bond motifs is 1. The van der Waals surface area contributed by atoms with Crippen LogP contribution in [0.1, 0.15) is 0 Å². The number of β-lactam (4-membered cyclic amide) rings is 1. The summed E-state index contributed by atoms with van der Waals surface area (Å²) in [5.41, 5.74) is 7.32. The number of methoxy groups -OCH3 is 1. The van der Waals surface area contributed by atoms with Crippen LogP contribution in [0.2, 0.25) is 0 Å². The van der Waals surface area contributed by atoms with Crippen molar-refractivity contribution in [3.8, 4) is 17.1 Å². The van der Waals surface area contributed by atoms with E-state index in [0.29, 0.717) is 28.1 Å². The summed E-state index contributed by atoms with van der Waals surface area (Å²) < 4.78 is 5.14. The van der Waals surface area contributed by atoms with E-state index in [0.717, 1.165) is 11.3 Å². The molecule has 1 unspecified atom stereocenters. The Kier molecular flexibility index (Phi) is 5.04. The third-order valence-corrected chi connectivity index (χ3v) is 6.79. The van der Waals surface area contributed by atoms with Crippen LogP contribution in [0.3, 0.4) is 0 Å². The van der Waals surface area contributed by atoms with Crippen LogP contribution >= 0.6 is 23.5 Å². The lowest BCUT2D eigenvalue weighted by atomic mass is 10.0. The van der Waals surface area contributed by atoms with Gasteiger partial charge in [-0.1, -0.05) is 11.8 Å². The molecule has 2 aromatic rings. The highest BCUT2D eigenvalue weighted by Gasteiger charge is 2.51. The number of carbonyl (C=O) groups is 2. The average molecular weight is 419 g/mol. The number of thioether (sulfide) groups is 2.